The van der Waals surface area contributed by atoms with Crippen molar-refractivity contribution in [2.24, 2.45) is 0 Å². The lowest BCUT2D eigenvalue weighted by molar-refractivity contribution is 0.258. The Morgan fingerprint density at radius 1 is 1.18 bits per heavy atom. The number of hydrogen-bond acceptors (Lipinski definition) is 5. The number of benzene rings is 2. The van der Waals surface area contributed by atoms with Gasteiger partial charge in [-0.25, -0.2) is 13.4 Å². The summed E-state index contributed by atoms with van der Waals surface area (Å²) in [5, 5.41) is 6.82. The van der Waals surface area contributed by atoms with Crippen molar-refractivity contribution in [3.05, 3.63) is 60.2 Å². The van der Waals surface area contributed by atoms with Crippen LogP contribution in [0.1, 0.15) is 20.2 Å². The molecule has 3 heterocycles. The number of ether oxygens (including phenoxy) is 1. The van der Waals surface area contributed by atoms with E-state index in [0.29, 0.717) is 17.9 Å². The molecule has 1 unspecified atom stereocenters. The Labute approximate surface area is 164 Å². The van der Waals surface area contributed by atoms with Gasteiger partial charge in [0.25, 0.3) is 0 Å². The quantitative estimate of drug-likeness (QED) is 0.549. The first-order chi connectivity index (χ1) is 13.5. The summed E-state index contributed by atoms with van der Waals surface area (Å²) in [6.07, 6.45) is 5.52. The number of imidazole rings is 1. The lowest BCUT2D eigenvalue weighted by Crippen LogP contribution is -2.20. The van der Waals surface area contributed by atoms with Gasteiger partial charge in [-0.2, -0.15) is 5.10 Å². The Morgan fingerprint density at radius 3 is 2.86 bits per heavy atom. The van der Waals surface area contributed by atoms with E-state index in [1.807, 2.05) is 18.3 Å². The molecule has 0 bridgehead atoms. The second-order valence-electron chi connectivity index (χ2n) is 7.09. The third-order valence-electron chi connectivity index (χ3n) is 5.08. The first-order valence-electron chi connectivity index (χ1n) is 8.92. The number of aromatic amines is 2. The fourth-order valence-electron chi connectivity index (χ4n) is 3.59. The Balaban J connectivity index is 0.00000128. The average Bonchev–Trinajstić information content (AvgIpc) is 3.35. The van der Waals surface area contributed by atoms with Crippen molar-refractivity contribution in [1.29, 1.82) is 0 Å². The zero-order chi connectivity index (χ0) is 19.3. The normalized spacial score (nSPS) is 16.7. The van der Waals surface area contributed by atoms with E-state index in [0.717, 1.165) is 39.3 Å². The maximum atomic E-state index is 11.9. The van der Waals surface area contributed by atoms with Crippen LogP contribution in [0.5, 0.6) is 5.75 Å². The van der Waals surface area contributed by atoms with Crippen LogP contribution in [-0.2, 0) is 16.3 Å². The molecule has 146 valence electrons. The van der Waals surface area contributed by atoms with Gasteiger partial charge in [0.1, 0.15) is 11.6 Å². The Bertz CT molecular complexity index is 1290. The molecule has 0 saturated carbocycles. The standard InChI is InChI=1S/C20H18N4O3S.2H2/c1-28(25,26)16-3-5-19-13(7-16)6-14(11-27-19)20-23-17-4-2-12(8-18(17)24-20)15-9-21-22-10-15;;/h2-5,7-10,14H,6,11H2,1H3,(H,21,22)(H,23,24);2*1H. The predicted molar refractivity (Wildman–Crippen MR) is 109 cm³/mol. The molecule has 0 radical (unpaired) electrons. The molecule has 7 nitrogen and oxygen atoms in total. The third-order valence-corrected chi connectivity index (χ3v) is 6.20. The summed E-state index contributed by atoms with van der Waals surface area (Å²) in [5.74, 6) is 1.61. The minimum absolute atomic E-state index is 0. The highest BCUT2D eigenvalue weighted by molar-refractivity contribution is 7.90. The van der Waals surface area contributed by atoms with Gasteiger partial charge in [-0.15, -0.1) is 0 Å². The highest BCUT2D eigenvalue weighted by Gasteiger charge is 2.25. The summed E-state index contributed by atoms with van der Waals surface area (Å²) in [5.41, 5.74) is 4.79. The molecular formula is C20H22N4O3S. The molecule has 1 aliphatic heterocycles. The van der Waals surface area contributed by atoms with Crippen molar-refractivity contribution >= 4 is 20.9 Å². The van der Waals surface area contributed by atoms with Crippen LogP contribution in [0.4, 0.5) is 0 Å². The molecule has 28 heavy (non-hydrogen) atoms. The first-order valence-corrected chi connectivity index (χ1v) is 10.8. The zero-order valence-corrected chi connectivity index (χ0v) is 16.0. The van der Waals surface area contributed by atoms with Gasteiger partial charge < -0.3 is 9.72 Å². The van der Waals surface area contributed by atoms with Crippen LogP contribution in [0.25, 0.3) is 22.2 Å². The van der Waals surface area contributed by atoms with Crippen molar-refractivity contribution in [3.63, 3.8) is 0 Å². The molecule has 1 atom stereocenters. The smallest absolute Gasteiger partial charge is 0.175 e. The summed E-state index contributed by atoms with van der Waals surface area (Å²) in [7, 11) is -3.25. The van der Waals surface area contributed by atoms with E-state index in [4.69, 9.17) is 9.72 Å². The molecule has 2 aromatic heterocycles. The topological polar surface area (TPSA) is 101 Å². The Morgan fingerprint density at radius 2 is 2.07 bits per heavy atom. The van der Waals surface area contributed by atoms with Gasteiger partial charge in [-0.1, -0.05) is 6.07 Å². The van der Waals surface area contributed by atoms with E-state index in [-0.39, 0.29) is 8.77 Å². The van der Waals surface area contributed by atoms with Crippen LogP contribution < -0.4 is 4.74 Å². The van der Waals surface area contributed by atoms with Crippen molar-refractivity contribution in [1.82, 2.24) is 20.2 Å². The van der Waals surface area contributed by atoms with Crippen molar-refractivity contribution in [2.75, 3.05) is 12.9 Å². The summed E-state index contributed by atoms with van der Waals surface area (Å²) in [6, 6.07) is 11.1. The second-order valence-corrected chi connectivity index (χ2v) is 9.11. The fourth-order valence-corrected chi connectivity index (χ4v) is 4.26. The number of aromatic nitrogens is 4. The lowest BCUT2D eigenvalue weighted by atomic mass is 9.96. The van der Waals surface area contributed by atoms with Gasteiger partial charge in [0.05, 0.1) is 34.7 Å². The monoisotopic (exact) mass is 398 g/mol. The maximum Gasteiger partial charge on any atom is 0.175 e. The van der Waals surface area contributed by atoms with E-state index >= 15 is 0 Å². The van der Waals surface area contributed by atoms with Gasteiger partial charge in [0, 0.05) is 20.9 Å². The molecular weight excluding hydrogens is 376 g/mol. The van der Waals surface area contributed by atoms with Crippen molar-refractivity contribution in [3.8, 4) is 16.9 Å². The molecule has 5 rings (SSSR count). The van der Waals surface area contributed by atoms with Crippen LogP contribution in [-0.4, -0.2) is 41.4 Å². The van der Waals surface area contributed by atoms with Crippen molar-refractivity contribution < 1.29 is 16.0 Å². The number of H-pyrrole nitrogens is 2. The third kappa shape index (κ3) is 2.95. The van der Waals surface area contributed by atoms with Crippen LogP contribution in [0.2, 0.25) is 0 Å². The molecule has 0 saturated heterocycles. The van der Waals surface area contributed by atoms with Crippen LogP contribution >= 0.6 is 0 Å². The Hall–Kier alpha value is -3.13. The van der Waals surface area contributed by atoms with Gasteiger partial charge >= 0.3 is 0 Å². The summed E-state index contributed by atoms with van der Waals surface area (Å²) < 4.78 is 29.6. The molecule has 8 heteroatoms. The van der Waals surface area contributed by atoms with Crippen LogP contribution in [0.3, 0.4) is 0 Å². The van der Waals surface area contributed by atoms with Crippen LogP contribution in [0, 0.1) is 0 Å². The molecule has 2 aromatic carbocycles. The SMILES string of the molecule is CS(=O)(=O)c1ccc2c(c1)CC(c1nc3ccc(-c4cn[nH]c4)cc3[nH]1)CO2.[HH].[HH]. The maximum absolute atomic E-state index is 11.9. The Kier molecular flexibility index (Phi) is 3.77. The molecule has 0 aliphatic carbocycles. The van der Waals surface area contributed by atoms with E-state index in [1.54, 1.807) is 24.4 Å². The van der Waals surface area contributed by atoms with Gasteiger partial charge in [0.2, 0.25) is 0 Å². The summed E-state index contributed by atoms with van der Waals surface area (Å²) in [6.45, 7) is 0.500. The first kappa shape index (κ1) is 17.0. The van der Waals surface area contributed by atoms with E-state index < -0.39 is 9.84 Å². The molecule has 2 N–H and O–H groups in total. The largest absolute Gasteiger partial charge is 0.493 e. The van der Waals surface area contributed by atoms with Gasteiger partial charge in [0.15, 0.2) is 9.84 Å². The molecule has 0 amide bonds. The number of hydrogen-bond donors (Lipinski definition) is 2. The van der Waals surface area contributed by atoms with Gasteiger partial charge in [-0.05, 0) is 47.9 Å². The average molecular weight is 398 g/mol. The number of nitrogens with one attached hydrogen (secondary N) is 2. The van der Waals surface area contributed by atoms with Gasteiger partial charge in [-0.3, -0.25) is 5.10 Å². The highest BCUT2D eigenvalue weighted by atomic mass is 32.2. The second kappa shape index (κ2) is 6.20. The number of fused-ring (bicyclic) bond motifs is 2. The lowest BCUT2D eigenvalue weighted by Gasteiger charge is -2.24. The molecule has 0 spiro atoms. The molecule has 4 aromatic rings. The molecule has 0 fully saturated rings. The number of nitrogens with zero attached hydrogens (tertiary/aromatic N) is 2. The zero-order valence-electron chi connectivity index (χ0n) is 15.1. The van der Waals surface area contributed by atoms with E-state index in [1.165, 1.54) is 6.26 Å². The number of rotatable bonds is 3. The highest BCUT2D eigenvalue weighted by Crippen LogP contribution is 2.34. The fraction of sp³-hybridized carbons (Fsp3) is 0.200. The molecule has 1 aliphatic rings. The summed E-state index contributed by atoms with van der Waals surface area (Å²) in [4.78, 5) is 8.44. The minimum atomic E-state index is -3.25. The summed E-state index contributed by atoms with van der Waals surface area (Å²) >= 11 is 0. The van der Waals surface area contributed by atoms with Crippen molar-refractivity contribution in [2.45, 2.75) is 17.2 Å². The minimum Gasteiger partial charge on any atom is -0.493 e. The van der Waals surface area contributed by atoms with Crippen LogP contribution in [0.15, 0.2) is 53.7 Å². The number of sulfone groups is 1. The van der Waals surface area contributed by atoms with E-state index in [2.05, 4.69) is 21.2 Å². The predicted octanol–water partition coefficient (Wildman–Crippen LogP) is 3.57. The van der Waals surface area contributed by atoms with E-state index in [9.17, 15) is 8.42 Å².